The number of aromatic nitrogens is 3. The number of imidazole rings is 1. The zero-order valence-corrected chi connectivity index (χ0v) is 10.3. The molecule has 96 valence electrons. The van der Waals surface area contributed by atoms with Crippen LogP contribution in [0.25, 0.3) is 11.0 Å². The van der Waals surface area contributed by atoms with Crippen LogP contribution in [0.4, 0.5) is 14.5 Å². The third-order valence-electron chi connectivity index (χ3n) is 2.45. The predicted octanol–water partition coefficient (Wildman–Crippen LogP) is 2.97. The normalized spacial score (nSPS) is 11.1. The molecule has 0 radical (unpaired) electrons. The van der Waals surface area contributed by atoms with Crippen LogP contribution in [-0.2, 0) is 0 Å². The molecule has 7 heteroatoms. The number of fused-ring (bicyclic) bond motifs is 1. The first-order valence-electron chi connectivity index (χ1n) is 5.36. The SMILES string of the molecule is Nc1ccc2nc(Sc3ncc(F)cc3F)[nH]c2c1. The summed E-state index contributed by atoms with van der Waals surface area (Å²) in [6.07, 6.45) is 0.964. The lowest BCUT2D eigenvalue weighted by Gasteiger charge is -1.98. The highest BCUT2D eigenvalue weighted by atomic mass is 32.2. The van der Waals surface area contributed by atoms with E-state index in [1.807, 2.05) is 0 Å². The van der Waals surface area contributed by atoms with Crippen molar-refractivity contribution in [3.63, 3.8) is 0 Å². The van der Waals surface area contributed by atoms with Crippen molar-refractivity contribution < 1.29 is 8.78 Å². The Hall–Kier alpha value is -2.15. The van der Waals surface area contributed by atoms with Gasteiger partial charge in [-0.25, -0.2) is 18.7 Å². The first-order chi connectivity index (χ1) is 9.11. The van der Waals surface area contributed by atoms with E-state index in [1.165, 1.54) is 0 Å². The zero-order chi connectivity index (χ0) is 13.4. The van der Waals surface area contributed by atoms with Crippen LogP contribution in [0.3, 0.4) is 0 Å². The van der Waals surface area contributed by atoms with Gasteiger partial charge in [-0.05, 0) is 30.0 Å². The Labute approximate surface area is 111 Å². The van der Waals surface area contributed by atoms with Gasteiger partial charge in [-0.2, -0.15) is 0 Å². The topological polar surface area (TPSA) is 67.6 Å². The number of pyridine rings is 1. The van der Waals surface area contributed by atoms with Gasteiger partial charge in [-0.15, -0.1) is 0 Å². The number of nitrogens with one attached hydrogen (secondary N) is 1. The van der Waals surface area contributed by atoms with Gasteiger partial charge in [-0.1, -0.05) is 0 Å². The molecule has 1 aromatic carbocycles. The lowest BCUT2D eigenvalue weighted by molar-refractivity contribution is 0.548. The molecule has 0 aliphatic carbocycles. The zero-order valence-electron chi connectivity index (χ0n) is 9.52. The second-order valence-electron chi connectivity index (χ2n) is 3.86. The standard InChI is InChI=1S/C12H8F2N4S/c13-6-3-8(14)11(16-5-6)19-12-17-9-2-1-7(15)4-10(9)18-12/h1-5H,15H2,(H,17,18). The number of H-pyrrole nitrogens is 1. The minimum Gasteiger partial charge on any atom is -0.399 e. The smallest absolute Gasteiger partial charge is 0.172 e. The third-order valence-corrected chi connectivity index (χ3v) is 3.33. The fourth-order valence-corrected chi connectivity index (χ4v) is 2.37. The Morgan fingerprint density at radius 3 is 2.84 bits per heavy atom. The van der Waals surface area contributed by atoms with Gasteiger partial charge in [-0.3, -0.25) is 0 Å². The number of nitrogens with zero attached hydrogens (tertiary/aromatic N) is 2. The van der Waals surface area contributed by atoms with E-state index in [9.17, 15) is 8.78 Å². The van der Waals surface area contributed by atoms with Gasteiger partial charge in [0.1, 0.15) is 10.8 Å². The summed E-state index contributed by atoms with van der Waals surface area (Å²) in [6, 6.07) is 6.02. The van der Waals surface area contributed by atoms with Crippen molar-refractivity contribution in [1.29, 1.82) is 0 Å². The summed E-state index contributed by atoms with van der Waals surface area (Å²) in [6.45, 7) is 0. The molecule has 2 aromatic heterocycles. The number of nitrogens with two attached hydrogens (primary N) is 1. The van der Waals surface area contributed by atoms with E-state index < -0.39 is 11.6 Å². The fraction of sp³-hybridized carbons (Fsp3) is 0. The highest BCUT2D eigenvalue weighted by molar-refractivity contribution is 7.99. The highest BCUT2D eigenvalue weighted by Gasteiger charge is 2.10. The molecule has 0 saturated heterocycles. The molecule has 0 unspecified atom stereocenters. The van der Waals surface area contributed by atoms with Gasteiger partial charge >= 0.3 is 0 Å². The lowest BCUT2D eigenvalue weighted by Crippen LogP contribution is -1.89. The number of anilines is 1. The summed E-state index contributed by atoms with van der Waals surface area (Å²) in [5, 5.41) is 0.534. The molecular formula is C12H8F2N4S. The van der Waals surface area contributed by atoms with Crippen molar-refractivity contribution >= 4 is 28.5 Å². The van der Waals surface area contributed by atoms with E-state index in [0.717, 1.165) is 35.1 Å². The maximum Gasteiger partial charge on any atom is 0.172 e. The van der Waals surface area contributed by atoms with Gasteiger partial charge in [0.15, 0.2) is 11.0 Å². The van der Waals surface area contributed by atoms with Crippen molar-refractivity contribution in [3.05, 3.63) is 42.1 Å². The van der Waals surface area contributed by atoms with E-state index in [0.29, 0.717) is 10.8 Å². The van der Waals surface area contributed by atoms with Crippen molar-refractivity contribution in [1.82, 2.24) is 15.0 Å². The average Bonchev–Trinajstić information content (AvgIpc) is 2.74. The Bertz CT molecular complexity index is 757. The molecule has 19 heavy (non-hydrogen) atoms. The molecule has 0 aliphatic rings. The number of hydrogen-bond donors (Lipinski definition) is 2. The third kappa shape index (κ3) is 2.37. The van der Waals surface area contributed by atoms with E-state index in [2.05, 4.69) is 15.0 Å². The molecule has 2 heterocycles. The molecule has 0 saturated carbocycles. The Morgan fingerprint density at radius 1 is 1.21 bits per heavy atom. The number of aromatic amines is 1. The van der Waals surface area contributed by atoms with E-state index in [1.54, 1.807) is 18.2 Å². The highest BCUT2D eigenvalue weighted by Crippen LogP contribution is 2.28. The van der Waals surface area contributed by atoms with Crippen molar-refractivity contribution in [2.45, 2.75) is 10.2 Å². The first-order valence-corrected chi connectivity index (χ1v) is 6.17. The molecule has 0 aliphatic heterocycles. The first kappa shape index (κ1) is 11.9. The average molecular weight is 278 g/mol. The molecule has 0 amide bonds. The van der Waals surface area contributed by atoms with Crippen LogP contribution in [0, 0.1) is 11.6 Å². The lowest BCUT2D eigenvalue weighted by atomic mass is 10.3. The van der Waals surface area contributed by atoms with Crippen LogP contribution in [0.1, 0.15) is 0 Å². The molecule has 4 nitrogen and oxygen atoms in total. The van der Waals surface area contributed by atoms with Crippen molar-refractivity contribution in [2.24, 2.45) is 0 Å². The van der Waals surface area contributed by atoms with Gasteiger partial charge in [0.2, 0.25) is 0 Å². The summed E-state index contributed by atoms with van der Waals surface area (Å²) in [5.74, 6) is -1.43. The van der Waals surface area contributed by atoms with Gasteiger partial charge < -0.3 is 10.7 Å². The number of rotatable bonds is 2. The van der Waals surface area contributed by atoms with Crippen LogP contribution < -0.4 is 5.73 Å². The molecule has 0 bridgehead atoms. The van der Waals surface area contributed by atoms with Gasteiger partial charge in [0.05, 0.1) is 17.2 Å². The van der Waals surface area contributed by atoms with Crippen LogP contribution in [0.15, 0.2) is 40.6 Å². The van der Waals surface area contributed by atoms with Gasteiger partial charge in [0, 0.05) is 11.8 Å². The molecule has 0 fully saturated rings. The number of hydrogen-bond acceptors (Lipinski definition) is 4. The largest absolute Gasteiger partial charge is 0.399 e. The molecule has 3 aromatic rings. The quantitative estimate of drug-likeness (QED) is 0.707. The minimum atomic E-state index is -0.718. The van der Waals surface area contributed by atoms with Crippen LogP contribution >= 0.6 is 11.8 Å². The molecular weight excluding hydrogens is 270 g/mol. The minimum absolute atomic E-state index is 0.0634. The summed E-state index contributed by atoms with van der Waals surface area (Å²) < 4.78 is 26.2. The number of halogens is 2. The second-order valence-corrected chi connectivity index (χ2v) is 4.84. The summed E-state index contributed by atoms with van der Waals surface area (Å²) in [4.78, 5) is 11.0. The number of benzene rings is 1. The van der Waals surface area contributed by atoms with E-state index >= 15 is 0 Å². The van der Waals surface area contributed by atoms with Crippen LogP contribution in [0.2, 0.25) is 0 Å². The monoisotopic (exact) mass is 278 g/mol. The Balaban J connectivity index is 1.96. The Morgan fingerprint density at radius 2 is 2.05 bits per heavy atom. The maximum absolute atomic E-state index is 13.5. The Kier molecular flexibility index (Phi) is 2.83. The van der Waals surface area contributed by atoms with E-state index in [-0.39, 0.29) is 5.03 Å². The van der Waals surface area contributed by atoms with E-state index in [4.69, 9.17) is 5.73 Å². The molecule has 3 N–H and O–H groups in total. The maximum atomic E-state index is 13.5. The summed E-state index contributed by atoms with van der Waals surface area (Å²) >= 11 is 0.994. The predicted molar refractivity (Wildman–Crippen MR) is 68.8 cm³/mol. The summed E-state index contributed by atoms with van der Waals surface area (Å²) in [7, 11) is 0. The van der Waals surface area contributed by atoms with Crippen molar-refractivity contribution in [2.75, 3.05) is 5.73 Å². The van der Waals surface area contributed by atoms with Crippen molar-refractivity contribution in [3.8, 4) is 0 Å². The number of nitrogen functional groups attached to an aromatic ring is 1. The molecule has 3 rings (SSSR count). The second kappa shape index (κ2) is 4.51. The fourth-order valence-electron chi connectivity index (χ4n) is 1.62. The van der Waals surface area contributed by atoms with Crippen LogP contribution in [0.5, 0.6) is 0 Å². The molecule has 0 spiro atoms. The van der Waals surface area contributed by atoms with Crippen LogP contribution in [-0.4, -0.2) is 15.0 Å². The van der Waals surface area contributed by atoms with Gasteiger partial charge in [0.25, 0.3) is 0 Å². The molecule has 0 atom stereocenters. The summed E-state index contributed by atoms with van der Waals surface area (Å²) in [5.41, 5.74) is 7.74.